The van der Waals surface area contributed by atoms with E-state index in [0.717, 1.165) is 5.56 Å². The van der Waals surface area contributed by atoms with Crippen LogP contribution in [0.25, 0.3) is 6.08 Å². The van der Waals surface area contributed by atoms with Gasteiger partial charge in [-0.1, -0.05) is 24.3 Å². The molecule has 7 heteroatoms. The molecule has 0 bridgehead atoms. The lowest BCUT2D eigenvalue weighted by Crippen LogP contribution is -2.30. The summed E-state index contributed by atoms with van der Waals surface area (Å²) in [6.07, 6.45) is 2.50. The molecular formula is C22H28O7. The van der Waals surface area contributed by atoms with Gasteiger partial charge in [0.25, 0.3) is 0 Å². The lowest BCUT2D eigenvalue weighted by atomic mass is 10.0. The zero-order valence-electron chi connectivity index (χ0n) is 17.1. The Bertz CT molecular complexity index is 804. The number of aliphatic hydroxyl groups is 1. The summed E-state index contributed by atoms with van der Waals surface area (Å²) in [5.74, 6) is 1.33. The second-order valence-corrected chi connectivity index (χ2v) is 6.19. The monoisotopic (exact) mass is 404 g/mol. The van der Waals surface area contributed by atoms with E-state index in [9.17, 15) is 10.2 Å². The zero-order chi connectivity index (χ0) is 21.2. The number of aromatic hydroxyl groups is 1. The first-order valence-electron chi connectivity index (χ1n) is 9.08. The number of phenols is 1. The molecule has 2 atom stereocenters. The van der Waals surface area contributed by atoms with Gasteiger partial charge in [0, 0.05) is 14.2 Å². The van der Waals surface area contributed by atoms with Crippen LogP contribution in [0.3, 0.4) is 0 Å². The van der Waals surface area contributed by atoms with Crippen molar-refractivity contribution in [1.82, 2.24) is 0 Å². The fourth-order valence-corrected chi connectivity index (χ4v) is 2.90. The quantitative estimate of drug-likeness (QED) is 0.595. The second-order valence-electron chi connectivity index (χ2n) is 6.19. The number of hydrogen-bond donors (Lipinski definition) is 2. The zero-order valence-corrected chi connectivity index (χ0v) is 17.1. The highest BCUT2D eigenvalue weighted by molar-refractivity contribution is 5.56. The van der Waals surface area contributed by atoms with Gasteiger partial charge in [-0.2, -0.15) is 0 Å². The summed E-state index contributed by atoms with van der Waals surface area (Å²) in [5.41, 5.74) is 1.62. The Labute approximate surface area is 171 Å². The Morgan fingerprint density at radius 2 is 1.69 bits per heavy atom. The third-order valence-corrected chi connectivity index (χ3v) is 4.34. The van der Waals surface area contributed by atoms with Crippen molar-refractivity contribution >= 4 is 6.08 Å². The van der Waals surface area contributed by atoms with Gasteiger partial charge in [0.05, 0.1) is 27.4 Å². The average molecular weight is 404 g/mol. The fourth-order valence-electron chi connectivity index (χ4n) is 2.90. The molecule has 0 saturated heterocycles. The summed E-state index contributed by atoms with van der Waals surface area (Å²) in [6.45, 7) is 0.221. The SMILES string of the molecule is COCC=Cc1ccc(O[C@@H](CO)[C@@H](OC)c2ccc(O)c(OC)c2)c(OC)c1. The van der Waals surface area contributed by atoms with E-state index in [1.165, 1.54) is 20.3 Å². The first-order valence-corrected chi connectivity index (χ1v) is 9.08. The van der Waals surface area contributed by atoms with Gasteiger partial charge in [-0.05, 0) is 35.4 Å². The van der Waals surface area contributed by atoms with Gasteiger partial charge in [0.15, 0.2) is 29.1 Å². The maximum Gasteiger partial charge on any atom is 0.161 e. The Hall–Kier alpha value is -2.74. The minimum absolute atomic E-state index is 0.0198. The summed E-state index contributed by atoms with van der Waals surface area (Å²) in [6, 6.07) is 10.3. The van der Waals surface area contributed by atoms with Crippen molar-refractivity contribution in [1.29, 1.82) is 0 Å². The maximum absolute atomic E-state index is 9.94. The van der Waals surface area contributed by atoms with Gasteiger partial charge in [-0.3, -0.25) is 0 Å². The predicted molar refractivity (Wildman–Crippen MR) is 110 cm³/mol. The molecule has 0 radical (unpaired) electrons. The highest BCUT2D eigenvalue weighted by atomic mass is 16.6. The molecule has 7 nitrogen and oxygen atoms in total. The standard InChI is InChI=1S/C22H28O7/c1-25-11-5-6-15-7-10-18(20(12-15)27-3)29-21(14-23)22(28-4)16-8-9-17(24)19(13-16)26-2/h5-10,12-13,21-24H,11,14H2,1-4H3/t21-,22-/m0/s1. The first-order chi connectivity index (χ1) is 14.1. The Morgan fingerprint density at radius 3 is 2.31 bits per heavy atom. The Balaban J connectivity index is 2.27. The maximum atomic E-state index is 9.94. The number of rotatable bonds is 11. The van der Waals surface area contributed by atoms with Crippen LogP contribution in [0.4, 0.5) is 0 Å². The average Bonchev–Trinajstić information content (AvgIpc) is 2.75. The Morgan fingerprint density at radius 1 is 0.931 bits per heavy atom. The van der Waals surface area contributed by atoms with Crippen LogP contribution in [0.2, 0.25) is 0 Å². The van der Waals surface area contributed by atoms with Gasteiger partial charge < -0.3 is 33.9 Å². The number of methoxy groups -OCH3 is 4. The van der Waals surface area contributed by atoms with E-state index in [0.29, 0.717) is 29.4 Å². The molecule has 2 N–H and O–H groups in total. The summed E-state index contributed by atoms with van der Waals surface area (Å²) >= 11 is 0. The van der Waals surface area contributed by atoms with Crippen molar-refractivity contribution in [3.8, 4) is 23.0 Å². The molecule has 0 aromatic heterocycles. The Kier molecular flexibility index (Phi) is 8.79. The normalized spacial score (nSPS) is 13.3. The molecule has 2 aromatic rings. The van der Waals surface area contributed by atoms with E-state index >= 15 is 0 Å². The van der Waals surface area contributed by atoms with Crippen LogP contribution in [-0.2, 0) is 9.47 Å². The van der Waals surface area contributed by atoms with Crippen LogP contribution in [0.15, 0.2) is 42.5 Å². The molecule has 0 amide bonds. The molecule has 0 aliphatic carbocycles. The van der Waals surface area contributed by atoms with Crippen LogP contribution in [0, 0.1) is 0 Å². The van der Waals surface area contributed by atoms with Crippen LogP contribution in [0.5, 0.6) is 23.0 Å². The molecular weight excluding hydrogens is 376 g/mol. The number of ether oxygens (including phenoxy) is 5. The van der Waals surface area contributed by atoms with Crippen LogP contribution >= 0.6 is 0 Å². The molecule has 158 valence electrons. The summed E-state index contributed by atoms with van der Waals surface area (Å²) < 4.78 is 27.2. The first kappa shape index (κ1) is 22.5. The van der Waals surface area contributed by atoms with Crippen molar-refractivity contribution in [2.75, 3.05) is 41.7 Å². The number of aliphatic hydroxyl groups excluding tert-OH is 1. The van der Waals surface area contributed by atoms with E-state index in [2.05, 4.69) is 0 Å². The molecule has 0 unspecified atom stereocenters. The van der Waals surface area contributed by atoms with Gasteiger partial charge in [-0.15, -0.1) is 0 Å². The van der Waals surface area contributed by atoms with Crippen molar-refractivity contribution in [2.24, 2.45) is 0 Å². The number of phenolic OH excluding ortho intramolecular Hbond substituents is 1. The summed E-state index contributed by atoms with van der Waals surface area (Å²) in [4.78, 5) is 0. The van der Waals surface area contributed by atoms with E-state index in [1.54, 1.807) is 32.4 Å². The van der Waals surface area contributed by atoms with E-state index in [4.69, 9.17) is 23.7 Å². The van der Waals surface area contributed by atoms with Gasteiger partial charge in [0.2, 0.25) is 0 Å². The molecule has 0 saturated carbocycles. The van der Waals surface area contributed by atoms with Crippen molar-refractivity contribution in [3.63, 3.8) is 0 Å². The highest BCUT2D eigenvalue weighted by Gasteiger charge is 2.26. The molecule has 0 aliphatic heterocycles. The minimum Gasteiger partial charge on any atom is -0.504 e. The number of benzene rings is 2. The largest absolute Gasteiger partial charge is 0.504 e. The highest BCUT2D eigenvalue weighted by Crippen LogP contribution is 2.35. The van der Waals surface area contributed by atoms with E-state index < -0.39 is 12.2 Å². The topological polar surface area (TPSA) is 86.6 Å². The lowest BCUT2D eigenvalue weighted by molar-refractivity contribution is -0.0265. The van der Waals surface area contributed by atoms with Crippen molar-refractivity contribution in [2.45, 2.75) is 12.2 Å². The van der Waals surface area contributed by atoms with Gasteiger partial charge >= 0.3 is 0 Å². The van der Waals surface area contributed by atoms with Crippen molar-refractivity contribution < 1.29 is 33.9 Å². The third-order valence-electron chi connectivity index (χ3n) is 4.34. The van der Waals surface area contributed by atoms with E-state index in [1.807, 2.05) is 24.3 Å². The molecule has 0 heterocycles. The smallest absolute Gasteiger partial charge is 0.161 e. The second kappa shape index (κ2) is 11.3. The van der Waals surface area contributed by atoms with Crippen LogP contribution in [0.1, 0.15) is 17.2 Å². The molecule has 29 heavy (non-hydrogen) atoms. The summed E-state index contributed by atoms with van der Waals surface area (Å²) in [7, 11) is 6.18. The lowest BCUT2D eigenvalue weighted by Gasteiger charge is -2.27. The predicted octanol–water partition coefficient (Wildman–Crippen LogP) is 3.20. The fraction of sp³-hybridized carbons (Fsp3) is 0.364. The van der Waals surface area contributed by atoms with Crippen LogP contribution < -0.4 is 14.2 Å². The minimum atomic E-state index is -0.710. The molecule has 0 spiro atoms. The van der Waals surface area contributed by atoms with E-state index in [-0.39, 0.29) is 12.4 Å². The van der Waals surface area contributed by atoms with Crippen LogP contribution in [-0.4, -0.2) is 58.0 Å². The third kappa shape index (κ3) is 5.87. The summed E-state index contributed by atoms with van der Waals surface area (Å²) in [5, 5.41) is 19.8. The molecule has 0 fully saturated rings. The van der Waals surface area contributed by atoms with Gasteiger partial charge in [-0.25, -0.2) is 0 Å². The van der Waals surface area contributed by atoms with Gasteiger partial charge in [0.1, 0.15) is 6.10 Å². The molecule has 2 aromatic carbocycles. The molecule has 2 rings (SSSR count). The van der Waals surface area contributed by atoms with Crippen molar-refractivity contribution in [3.05, 3.63) is 53.6 Å². The molecule has 0 aliphatic rings. The number of hydrogen-bond acceptors (Lipinski definition) is 7.